The monoisotopic (exact) mass is 337 g/mol. The number of hydrogen-bond acceptors (Lipinski definition) is 2. The van der Waals surface area contributed by atoms with Gasteiger partial charge >= 0.3 is 0 Å². The van der Waals surface area contributed by atoms with Crippen molar-refractivity contribution in [3.63, 3.8) is 0 Å². The molecule has 2 unspecified atom stereocenters. The molecule has 2 aromatic carbocycles. The van der Waals surface area contributed by atoms with E-state index in [1.807, 2.05) is 24.3 Å². The fourth-order valence-corrected chi connectivity index (χ4v) is 3.31. The van der Waals surface area contributed by atoms with Crippen LogP contribution in [0.4, 0.5) is 0 Å². The maximum absolute atomic E-state index is 6.19. The first-order chi connectivity index (χ1) is 12.1. The number of nitrogens with one attached hydrogen (secondary N) is 1. The van der Waals surface area contributed by atoms with Crippen LogP contribution in [0.2, 0.25) is 0 Å². The minimum absolute atomic E-state index is 0.155. The van der Waals surface area contributed by atoms with Crippen LogP contribution in [-0.2, 0) is 0 Å². The highest BCUT2D eigenvalue weighted by Crippen LogP contribution is 2.31. The van der Waals surface area contributed by atoms with Crippen molar-refractivity contribution >= 4 is 5.96 Å². The van der Waals surface area contributed by atoms with Gasteiger partial charge in [0.05, 0.1) is 12.6 Å². The normalized spacial score (nSPS) is 18.4. The number of hydrogen-bond donors (Lipinski definition) is 2. The van der Waals surface area contributed by atoms with Crippen molar-refractivity contribution in [2.75, 3.05) is 13.2 Å². The molecule has 25 heavy (non-hydrogen) atoms. The minimum atomic E-state index is 0.155. The number of fused-ring (bicyclic) bond motifs is 1. The van der Waals surface area contributed by atoms with Crippen LogP contribution in [0.3, 0.4) is 0 Å². The zero-order valence-corrected chi connectivity index (χ0v) is 15.0. The molecule has 0 saturated heterocycles. The van der Waals surface area contributed by atoms with Crippen LogP contribution in [0.5, 0.6) is 5.75 Å². The fourth-order valence-electron chi connectivity index (χ4n) is 3.31. The number of nitrogens with zero attached hydrogens (tertiary/aromatic N) is 1. The van der Waals surface area contributed by atoms with Gasteiger partial charge in [0.2, 0.25) is 0 Å². The van der Waals surface area contributed by atoms with Gasteiger partial charge in [-0.15, -0.1) is 0 Å². The third kappa shape index (κ3) is 4.32. The standard InChI is InChI=1S/C21H27N3O/c1-15(2)18(16-8-4-3-5-9-16)14-23-21(22)24-19-12-13-25-20-11-7-6-10-17(19)20/h3-11,15,18-19H,12-14H2,1-2H3,(H3,22,23,24). The molecule has 2 aromatic rings. The van der Waals surface area contributed by atoms with Gasteiger partial charge in [-0.2, -0.15) is 0 Å². The van der Waals surface area contributed by atoms with E-state index in [9.17, 15) is 0 Å². The SMILES string of the molecule is CC(C)C(CN=C(N)NC1CCOc2ccccc21)c1ccccc1. The highest BCUT2D eigenvalue weighted by atomic mass is 16.5. The smallest absolute Gasteiger partial charge is 0.189 e. The highest BCUT2D eigenvalue weighted by Gasteiger charge is 2.21. The number of rotatable bonds is 5. The number of nitrogens with two attached hydrogens (primary N) is 1. The van der Waals surface area contributed by atoms with Crippen molar-refractivity contribution in [3.05, 3.63) is 65.7 Å². The van der Waals surface area contributed by atoms with Gasteiger partial charge in [0, 0.05) is 24.4 Å². The van der Waals surface area contributed by atoms with Gasteiger partial charge in [-0.1, -0.05) is 62.4 Å². The summed E-state index contributed by atoms with van der Waals surface area (Å²) < 4.78 is 5.70. The van der Waals surface area contributed by atoms with Gasteiger partial charge in [-0.3, -0.25) is 4.99 Å². The second kappa shape index (κ2) is 8.06. The van der Waals surface area contributed by atoms with Crippen molar-refractivity contribution in [1.29, 1.82) is 0 Å². The average molecular weight is 337 g/mol. The Bertz CT molecular complexity index is 712. The van der Waals surface area contributed by atoms with Crippen molar-refractivity contribution in [1.82, 2.24) is 5.32 Å². The van der Waals surface area contributed by atoms with E-state index in [0.29, 0.717) is 30.9 Å². The maximum Gasteiger partial charge on any atom is 0.189 e. The molecule has 0 bridgehead atoms. The van der Waals surface area contributed by atoms with E-state index in [-0.39, 0.29) is 6.04 Å². The van der Waals surface area contributed by atoms with Crippen molar-refractivity contribution in [2.45, 2.75) is 32.2 Å². The summed E-state index contributed by atoms with van der Waals surface area (Å²) >= 11 is 0. The van der Waals surface area contributed by atoms with Crippen LogP contribution in [0.25, 0.3) is 0 Å². The summed E-state index contributed by atoms with van der Waals surface area (Å²) in [5.74, 6) is 2.30. The molecule has 0 amide bonds. The Morgan fingerprint density at radius 2 is 1.88 bits per heavy atom. The molecule has 1 heterocycles. The molecule has 0 aromatic heterocycles. The second-order valence-corrected chi connectivity index (χ2v) is 6.86. The molecule has 1 aliphatic heterocycles. The number of benzene rings is 2. The number of guanidine groups is 1. The van der Waals surface area contributed by atoms with Crippen LogP contribution in [0.15, 0.2) is 59.6 Å². The molecule has 0 fully saturated rings. The van der Waals surface area contributed by atoms with E-state index in [0.717, 1.165) is 17.7 Å². The lowest BCUT2D eigenvalue weighted by atomic mass is 9.88. The molecule has 0 saturated carbocycles. The molecular formula is C21H27N3O. The van der Waals surface area contributed by atoms with Gasteiger partial charge in [0.1, 0.15) is 5.75 Å². The first-order valence-electron chi connectivity index (χ1n) is 8.98. The van der Waals surface area contributed by atoms with Gasteiger partial charge in [0.15, 0.2) is 5.96 Å². The van der Waals surface area contributed by atoms with Gasteiger partial charge in [-0.05, 0) is 17.5 Å². The summed E-state index contributed by atoms with van der Waals surface area (Å²) in [6.07, 6.45) is 0.888. The summed E-state index contributed by atoms with van der Waals surface area (Å²) in [4.78, 5) is 4.63. The summed E-state index contributed by atoms with van der Waals surface area (Å²) in [6, 6.07) is 18.8. The van der Waals surface area contributed by atoms with E-state index in [1.165, 1.54) is 5.56 Å². The molecule has 3 rings (SSSR count). The first-order valence-corrected chi connectivity index (χ1v) is 8.98. The molecule has 4 heteroatoms. The summed E-state index contributed by atoms with van der Waals surface area (Å²) in [6.45, 7) is 5.84. The molecule has 0 radical (unpaired) electrons. The third-order valence-corrected chi connectivity index (χ3v) is 4.77. The molecular weight excluding hydrogens is 310 g/mol. The number of para-hydroxylation sites is 1. The topological polar surface area (TPSA) is 59.6 Å². The van der Waals surface area contributed by atoms with E-state index in [1.54, 1.807) is 0 Å². The van der Waals surface area contributed by atoms with Gasteiger partial charge in [-0.25, -0.2) is 0 Å². The molecule has 0 aliphatic carbocycles. The van der Waals surface area contributed by atoms with E-state index in [2.05, 4.69) is 54.5 Å². The molecule has 132 valence electrons. The fraction of sp³-hybridized carbons (Fsp3) is 0.381. The Hall–Kier alpha value is -2.49. The lowest BCUT2D eigenvalue weighted by Gasteiger charge is -2.27. The predicted octanol–water partition coefficient (Wildman–Crippen LogP) is 3.85. The summed E-state index contributed by atoms with van der Waals surface area (Å²) in [7, 11) is 0. The highest BCUT2D eigenvalue weighted by molar-refractivity contribution is 5.78. The Labute approximate surface area is 150 Å². The minimum Gasteiger partial charge on any atom is -0.493 e. The summed E-state index contributed by atoms with van der Waals surface area (Å²) in [5.41, 5.74) is 8.65. The molecule has 1 aliphatic rings. The van der Waals surface area contributed by atoms with Gasteiger partial charge < -0.3 is 15.8 Å². The zero-order chi connectivity index (χ0) is 17.6. The number of aliphatic imine (C=N–C) groups is 1. The Morgan fingerprint density at radius 1 is 1.16 bits per heavy atom. The quantitative estimate of drug-likeness (QED) is 0.643. The van der Waals surface area contributed by atoms with E-state index in [4.69, 9.17) is 10.5 Å². The molecule has 4 nitrogen and oxygen atoms in total. The van der Waals surface area contributed by atoms with Crippen molar-refractivity contribution in [3.8, 4) is 5.75 Å². The Morgan fingerprint density at radius 3 is 2.64 bits per heavy atom. The van der Waals surface area contributed by atoms with Crippen LogP contribution in [0.1, 0.15) is 43.4 Å². The second-order valence-electron chi connectivity index (χ2n) is 6.86. The molecule has 3 N–H and O–H groups in total. The summed E-state index contributed by atoms with van der Waals surface area (Å²) in [5, 5.41) is 3.37. The van der Waals surface area contributed by atoms with Crippen LogP contribution >= 0.6 is 0 Å². The average Bonchev–Trinajstić information content (AvgIpc) is 2.63. The Balaban J connectivity index is 1.68. The number of ether oxygens (including phenoxy) is 1. The van der Waals surface area contributed by atoms with E-state index >= 15 is 0 Å². The van der Waals surface area contributed by atoms with Crippen LogP contribution in [0, 0.1) is 5.92 Å². The third-order valence-electron chi connectivity index (χ3n) is 4.77. The zero-order valence-electron chi connectivity index (χ0n) is 15.0. The molecule has 0 spiro atoms. The lowest BCUT2D eigenvalue weighted by Crippen LogP contribution is -2.37. The van der Waals surface area contributed by atoms with E-state index < -0.39 is 0 Å². The van der Waals surface area contributed by atoms with Crippen molar-refractivity contribution < 1.29 is 4.74 Å². The maximum atomic E-state index is 6.19. The van der Waals surface area contributed by atoms with Gasteiger partial charge in [0.25, 0.3) is 0 Å². The first kappa shape index (κ1) is 17.3. The van der Waals surface area contributed by atoms with Crippen LogP contribution in [-0.4, -0.2) is 19.1 Å². The lowest BCUT2D eigenvalue weighted by molar-refractivity contribution is 0.262. The largest absolute Gasteiger partial charge is 0.493 e. The molecule has 2 atom stereocenters. The predicted molar refractivity (Wildman–Crippen MR) is 103 cm³/mol. The van der Waals surface area contributed by atoms with Crippen molar-refractivity contribution in [2.24, 2.45) is 16.6 Å². The van der Waals surface area contributed by atoms with Crippen LogP contribution < -0.4 is 15.8 Å². The Kier molecular flexibility index (Phi) is 5.59.